The second-order valence-corrected chi connectivity index (χ2v) is 4.75. The van der Waals surface area contributed by atoms with Gasteiger partial charge in [-0.05, 0) is 25.0 Å². The highest BCUT2D eigenvalue weighted by atomic mass is 19.4. The van der Waals surface area contributed by atoms with Crippen LogP contribution in [0.3, 0.4) is 0 Å². The molecule has 0 saturated heterocycles. The van der Waals surface area contributed by atoms with Gasteiger partial charge in [0.25, 0.3) is 5.91 Å². The predicted octanol–water partition coefficient (Wildman–Crippen LogP) is 2.93. The molecular weight excluding hydrogens is 257 g/mol. The van der Waals surface area contributed by atoms with Gasteiger partial charge in [0, 0.05) is 18.4 Å². The van der Waals surface area contributed by atoms with E-state index in [0.29, 0.717) is 19.3 Å². The van der Waals surface area contributed by atoms with Crippen molar-refractivity contribution >= 4 is 5.91 Å². The number of rotatable bonds is 2. The minimum atomic E-state index is -4.26. The van der Waals surface area contributed by atoms with Crippen LogP contribution in [0.25, 0.3) is 0 Å². The molecule has 1 saturated carbocycles. The van der Waals surface area contributed by atoms with E-state index in [1.807, 2.05) is 0 Å². The van der Waals surface area contributed by atoms with E-state index in [0.717, 1.165) is 0 Å². The number of pyridine rings is 1. The molecule has 2 atom stereocenters. The zero-order chi connectivity index (χ0) is 13.9. The highest BCUT2D eigenvalue weighted by molar-refractivity contribution is 5.94. The Balaban J connectivity index is 2.06. The standard InChI is InChI=1S/C13H15F3N2O/c14-13(15,16)10-5-1-2-6-11(10)18-12(19)9-4-3-7-17-8-9/h3-4,7-8,10-11H,1-2,5-6H2,(H,18,19)/t10-,11+/m1/s1. The molecule has 1 heterocycles. The van der Waals surface area contributed by atoms with Gasteiger partial charge in [-0.2, -0.15) is 13.2 Å². The largest absolute Gasteiger partial charge is 0.393 e. The van der Waals surface area contributed by atoms with E-state index in [2.05, 4.69) is 10.3 Å². The molecule has 19 heavy (non-hydrogen) atoms. The number of hydrogen-bond acceptors (Lipinski definition) is 2. The lowest BCUT2D eigenvalue weighted by atomic mass is 9.84. The third-order valence-electron chi connectivity index (χ3n) is 3.43. The molecule has 0 unspecified atom stereocenters. The number of aromatic nitrogens is 1. The Labute approximate surface area is 109 Å². The number of alkyl halides is 3. The van der Waals surface area contributed by atoms with Crippen LogP contribution in [-0.4, -0.2) is 23.1 Å². The molecule has 1 aromatic heterocycles. The molecule has 0 spiro atoms. The van der Waals surface area contributed by atoms with Crippen molar-refractivity contribution in [3.63, 3.8) is 0 Å². The molecule has 0 bridgehead atoms. The summed E-state index contributed by atoms with van der Waals surface area (Å²) in [4.78, 5) is 15.7. The van der Waals surface area contributed by atoms with Crippen molar-refractivity contribution in [2.24, 2.45) is 5.92 Å². The average Bonchev–Trinajstić information content (AvgIpc) is 2.39. The van der Waals surface area contributed by atoms with E-state index in [1.54, 1.807) is 6.07 Å². The topological polar surface area (TPSA) is 42.0 Å². The zero-order valence-corrected chi connectivity index (χ0v) is 10.3. The van der Waals surface area contributed by atoms with Crippen molar-refractivity contribution in [2.45, 2.75) is 37.9 Å². The van der Waals surface area contributed by atoms with E-state index in [-0.39, 0.29) is 12.0 Å². The summed E-state index contributed by atoms with van der Waals surface area (Å²) in [6.07, 6.45) is 0.329. The summed E-state index contributed by atoms with van der Waals surface area (Å²) in [6.45, 7) is 0. The van der Waals surface area contributed by atoms with Crippen LogP contribution in [0, 0.1) is 5.92 Å². The lowest BCUT2D eigenvalue weighted by Crippen LogP contribution is -2.47. The van der Waals surface area contributed by atoms with Gasteiger partial charge in [0.2, 0.25) is 0 Å². The molecule has 1 fully saturated rings. The highest BCUT2D eigenvalue weighted by Gasteiger charge is 2.45. The number of nitrogens with one attached hydrogen (secondary N) is 1. The summed E-state index contributed by atoms with van der Waals surface area (Å²) in [7, 11) is 0. The number of amides is 1. The van der Waals surface area contributed by atoms with Crippen LogP contribution in [0.1, 0.15) is 36.0 Å². The van der Waals surface area contributed by atoms with Gasteiger partial charge in [0.1, 0.15) is 0 Å². The molecule has 2 rings (SSSR count). The molecule has 0 radical (unpaired) electrons. The van der Waals surface area contributed by atoms with Crippen LogP contribution >= 0.6 is 0 Å². The Bertz CT molecular complexity index is 433. The molecule has 1 amide bonds. The SMILES string of the molecule is O=C(N[C@H]1CCCC[C@H]1C(F)(F)F)c1cccnc1. The zero-order valence-electron chi connectivity index (χ0n) is 10.3. The Morgan fingerprint density at radius 2 is 2.05 bits per heavy atom. The highest BCUT2D eigenvalue weighted by Crippen LogP contribution is 2.37. The van der Waals surface area contributed by atoms with E-state index in [1.165, 1.54) is 18.5 Å². The fourth-order valence-corrected chi connectivity index (χ4v) is 2.44. The maximum atomic E-state index is 12.9. The van der Waals surface area contributed by atoms with Gasteiger partial charge < -0.3 is 5.32 Å². The van der Waals surface area contributed by atoms with Crippen molar-refractivity contribution in [1.29, 1.82) is 0 Å². The third-order valence-corrected chi connectivity index (χ3v) is 3.43. The van der Waals surface area contributed by atoms with Crippen molar-refractivity contribution in [1.82, 2.24) is 10.3 Å². The minimum Gasteiger partial charge on any atom is -0.349 e. The van der Waals surface area contributed by atoms with Gasteiger partial charge >= 0.3 is 6.18 Å². The quantitative estimate of drug-likeness (QED) is 0.899. The van der Waals surface area contributed by atoms with E-state index in [9.17, 15) is 18.0 Å². The summed E-state index contributed by atoms with van der Waals surface area (Å²) >= 11 is 0. The van der Waals surface area contributed by atoms with Gasteiger partial charge in [-0.15, -0.1) is 0 Å². The van der Waals surface area contributed by atoms with Crippen LogP contribution in [0.15, 0.2) is 24.5 Å². The van der Waals surface area contributed by atoms with Crippen molar-refractivity contribution in [3.8, 4) is 0 Å². The van der Waals surface area contributed by atoms with E-state index in [4.69, 9.17) is 0 Å². The summed E-state index contributed by atoms with van der Waals surface area (Å²) < 4.78 is 38.6. The summed E-state index contributed by atoms with van der Waals surface area (Å²) in [5.74, 6) is -1.93. The Morgan fingerprint density at radius 1 is 1.32 bits per heavy atom. The minimum absolute atomic E-state index is 0.0848. The molecule has 1 N–H and O–H groups in total. The average molecular weight is 272 g/mol. The van der Waals surface area contributed by atoms with Gasteiger partial charge in [0.05, 0.1) is 11.5 Å². The lowest BCUT2D eigenvalue weighted by Gasteiger charge is -2.33. The van der Waals surface area contributed by atoms with Gasteiger partial charge in [-0.1, -0.05) is 12.8 Å². The number of nitrogens with zero attached hydrogens (tertiary/aromatic N) is 1. The molecule has 1 aliphatic carbocycles. The fourth-order valence-electron chi connectivity index (χ4n) is 2.44. The number of halogens is 3. The van der Waals surface area contributed by atoms with Crippen LogP contribution in [0.2, 0.25) is 0 Å². The van der Waals surface area contributed by atoms with Crippen LogP contribution in [-0.2, 0) is 0 Å². The molecule has 3 nitrogen and oxygen atoms in total. The van der Waals surface area contributed by atoms with Gasteiger partial charge in [-0.3, -0.25) is 9.78 Å². The smallest absolute Gasteiger partial charge is 0.349 e. The second-order valence-electron chi connectivity index (χ2n) is 4.75. The molecule has 1 aliphatic rings. The number of hydrogen-bond donors (Lipinski definition) is 1. The number of carbonyl (C=O) groups excluding carboxylic acids is 1. The van der Waals surface area contributed by atoms with E-state index >= 15 is 0 Å². The number of carbonyl (C=O) groups is 1. The van der Waals surface area contributed by atoms with Crippen molar-refractivity contribution in [2.75, 3.05) is 0 Å². The lowest BCUT2D eigenvalue weighted by molar-refractivity contribution is -0.187. The van der Waals surface area contributed by atoms with Crippen molar-refractivity contribution < 1.29 is 18.0 Å². The molecule has 1 aromatic rings. The van der Waals surface area contributed by atoms with Crippen LogP contribution in [0.5, 0.6) is 0 Å². The first-order chi connectivity index (χ1) is 8.98. The summed E-state index contributed by atoms with van der Waals surface area (Å²) in [6, 6.07) is 2.28. The molecular formula is C13H15F3N2O. The third kappa shape index (κ3) is 3.45. The Morgan fingerprint density at radius 3 is 2.68 bits per heavy atom. The first-order valence-electron chi connectivity index (χ1n) is 6.26. The Kier molecular flexibility index (Phi) is 4.07. The molecule has 0 aliphatic heterocycles. The molecule has 104 valence electrons. The summed E-state index contributed by atoms with van der Waals surface area (Å²) in [5, 5.41) is 2.49. The van der Waals surface area contributed by atoms with Crippen molar-refractivity contribution in [3.05, 3.63) is 30.1 Å². The first kappa shape index (κ1) is 13.8. The van der Waals surface area contributed by atoms with Crippen LogP contribution in [0.4, 0.5) is 13.2 Å². The fraction of sp³-hybridized carbons (Fsp3) is 0.538. The molecule has 0 aromatic carbocycles. The summed E-state index contributed by atoms with van der Waals surface area (Å²) in [5.41, 5.74) is 0.286. The molecule has 6 heteroatoms. The Hall–Kier alpha value is -1.59. The second kappa shape index (κ2) is 5.59. The van der Waals surface area contributed by atoms with Crippen LogP contribution < -0.4 is 5.32 Å². The predicted molar refractivity (Wildman–Crippen MR) is 63.5 cm³/mol. The normalized spacial score (nSPS) is 23.9. The van der Waals surface area contributed by atoms with Gasteiger partial charge in [0.15, 0.2) is 0 Å². The first-order valence-corrected chi connectivity index (χ1v) is 6.26. The monoisotopic (exact) mass is 272 g/mol. The van der Waals surface area contributed by atoms with Gasteiger partial charge in [-0.25, -0.2) is 0 Å². The van der Waals surface area contributed by atoms with E-state index < -0.39 is 24.0 Å². The maximum Gasteiger partial charge on any atom is 0.393 e. The maximum absolute atomic E-state index is 12.9.